The molecule has 3 nitrogen and oxygen atoms in total. The van der Waals surface area contributed by atoms with Gasteiger partial charge in [0.05, 0.1) is 10.5 Å². The first-order chi connectivity index (χ1) is 8.09. The van der Waals surface area contributed by atoms with Crippen molar-refractivity contribution in [1.82, 2.24) is 4.90 Å². The van der Waals surface area contributed by atoms with Crippen molar-refractivity contribution in [2.24, 2.45) is 0 Å². The van der Waals surface area contributed by atoms with Gasteiger partial charge < -0.3 is 10.2 Å². The highest BCUT2D eigenvalue weighted by atomic mass is 32.1. The standard InChI is InChI=1S/C13H17NO2S/c1-13(16)6-7-14(10-13)9-12-5-4-11(17-12)3-2-8-15/h4-5,15-16H,6-10H2,1H3. The van der Waals surface area contributed by atoms with Gasteiger partial charge in [-0.1, -0.05) is 11.8 Å². The number of β-amino-alcohol motifs (C(OH)–C–C–N with tert-alkyl or cyclic N) is 1. The van der Waals surface area contributed by atoms with Crippen molar-refractivity contribution >= 4 is 11.3 Å². The van der Waals surface area contributed by atoms with Crippen molar-refractivity contribution in [2.45, 2.75) is 25.5 Å². The summed E-state index contributed by atoms with van der Waals surface area (Å²) in [5, 5.41) is 18.5. The highest BCUT2D eigenvalue weighted by Gasteiger charge is 2.31. The van der Waals surface area contributed by atoms with Crippen molar-refractivity contribution in [2.75, 3.05) is 19.7 Å². The summed E-state index contributed by atoms with van der Waals surface area (Å²) in [7, 11) is 0. The second-order valence-corrected chi connectivity index (χ2v) is 5.85. The molecule has 1 fully saturated rings. The number of aliphatic hydroxyl groups excluding tert-OH is 1. The normalized spacial score (nSPS) is 24.6. The van der Waals surface area contributed by atoms with Crippen molar-refractivity contribution < 1.29 is 10.2 Å². The number of likely N-dealkylation sites (tertiary alicyclic amines) is 1. The molecule has 1 aliphatic heterocycles. The van der Waals surface area contributed by atoms with E-state index >= 15 is 0 Å². The van der Waals surface area contributed by atoms with Crippen LogP contribution < -0.4 is 0 Å². The van der Waals surface area contributed by atoms with E-state index in [0.29, 0.717) is 0 Å². The van der Waals surface area contributed by atoms with Gasteiger partial charge in [0.15, 0.2) is 0 Å². The largest absolute Gasteiger partial charge is 0.389 e. The maximum Gasteiger partial charge on any atom is 0.104 e. The number of aliphatic hydroxyl groups is 2. The molecule has 1 aromatic heterocycles. The molecule has 0 spiro atoms. The molecule has 92 valence electrons. The lowest BCUT2D eigenvalue weighted by molar-refractivity contribution is 0.0680. The average molecular weight is 251 g/mol. The predicted octanol–water partition coefficient (Wildman–Crippen LogP) is 1.05. The maximum absolute atomic E-state index is 9.88. The summed E-state index contributed by atoms with van der Waals surface area (Å²) in [5.41, 5.74) is -0.531. The van der Waals surface area contributed by atoms with Crippen LogP contribution in [0.25, 0.3) is 0 Å². The molecule has 1 atom stereocenters. The van der Waals surface area contributed by atoms with Crippen LogP contribution in [-0.2, 0) is 6.54 Å². The van der Waals surface area contributed by atoms with E-state index in [4.69, 9.17) is 5.11 Å². The molecule has 2 N–H and O–H groups in total. The molecule has 1 aromatic rings. The predicted molar refractivity (Wildman–Crippen MR) is 68.8 cm³/mol. The zero-order valence-corrected chi connectivity index (χ0v) is 10.8. The van der Waals surface area contributed by atoms with Gasteiger partial charge in [0.1, 0.15) is 6.61 Å². The summed E-state index contributed by atoms with van der Waals surface area (Å²) < 4.78 is 0. The van der Waals surface area contributed by atoms with Gasteiger partial charge in [-0.05, 0) is 25.5 Å². The molecule has 0 amide bonds. The Labute approximate surface area is 106 Å². The Hall–Kier alpha value is -0.860. The average Bonchev–Trinajstić information content (AvgIpc) is 2.83. The van der Waals surface area contributed by atoms with Gasteiger partial charge in [-0.3, -0.25) is 4.90 Å². The third kappa shape index (κ3) is 3.55. The summed E-state index contributed by atoms with van der Waals surface area (Å²) in [6.07, 6.45) is 0.843. The highest BCUT2D eigenvalue weighted by Crippen LogP contribution is 2.24. The SMILES string of the molecule is CC1(O)CCN(Cc2ccc(C#CCO)s2)C1. The summed E-state index contributed by atoms with van der Waals surface area (Å²) in [6, 6.07) is 4.05. The van der Waals surface area contributed by atoms with E-state index in [1.807, 2.05) is 13.0 Å². The number of hydrogen-bond acceptors (Lipinski definition) is 4. The van der Waals surface area contributed by atoms with Crippen LogP contribution in [0.2, 0.25) is 0 Å². The van der Waals surface area contributed by atoms with Gasteiger partial charge in [-0.2, -0.15) is 0 Å². The quantitative estimate of drug-likeness (QED) is 0.772. The number of nitrogens with zero attached hydrogens (tertiary/aromatic N) is 1. The zero-order chi connectivity index (χ0) is 12.3. The monoisotopic (exact) mass is 251 g/mol. The molecule has 2 heterocycles. The van der Waals surface area contributed by atoms with E-state index in [-0.39, 0.29) is 6.61 Å². The Balaban J connectivity index is 1.94. The zero-order valence-electron chi connectivity index (χ0n) is 9.94. The number of hydrogen-bond donors (Lipinski definition) is 2. The van der Waals surface area contributed by atoms with Crippen molar-refractivity contribution in [3.05, 3.63) is 21.9 Å². The Bertz CT molecular complexity index is 442. The molecule has 0 aromatic carbocycles. The lowest BCUT2D eigenvalue weighted by Crippen LogP contribution is -2.29. The molecule has 1 saturated heterocycles. The summed E-state index contributed by atoms with van der Waals surface area (Å²) in [6.45, 7) is 4.36. The van der Waals surface area contributed by atoms with E-state index in [9.17, 15) is 5.11 Å². The Morgan fingerprint density at radius 3 is 3.00 bits per heavy atom. The lowest BCUT2D eigenvalue weighted by Gasteiger charge is -2.17. The molecule has 2 rings (SSSR count). The van der Waals surface area contributed by atoms with Crippen LogP contribution in [0.3, 0.4) is 0 Å². The molecule has 0 saturated carbocycles. The molecule has 4 heteroatoms. The number of thiophene rings is 1. The molecule has 1 unspecified atom stereocenters. The minimum absolute atomic E-state index is 0.0950. The van der Waals surface area contributed by atoms with Crippen LogP contribution in [0, 0.1) is 11.8 Å². The second-order valence-electron chi connectivity index (χ2n) is 4.68. The smallest absolute Gasteiger partial charge is 0.104 e. The number of rotatable bonds is 2. The van der Waals surface area contributed by atoms with Crippen LogP contribution >= 0.6 is 11.3 Å². The highest BCUT2D eigenvalue weighted by molar-refractivity contribution is 7.12. The van der Waals surface area contributed by atoms with E-state index < -0.39 is 5.60 Å². The van der Waals surface area contributed by atoms with E-state index in [2.05, 4.69) is 22.8 Å². The molecule has 0 radical (unpaired) electrons. The summed E-state index contributed by atoms with van der Waals surface area (Å²) in [5.74, 6) is 5.55. The minimum Gasteiger partial charge on any atom is -0.389 e. The second kappa shape index (κ2) is 5.19. The molecule has 0 aliphatic carbocycles. The fourth-order valence-electron chi connectivity index (χ4n) is 2.05. The minimum atomic E-state index is -0.531. The molecule has 17 heavy (non-hydrogen) atoms. The van der Waals surface area contributed by atoms with E-state index in [1.54, 1.807) is 11.3 Å². The van der Waals surface area contributed by atoms with Crippen LogP contribution in [0.15, 0.2) is 12.1 Å². The first-order valence-corrected chi connectivity index (χ1v) is 6.54. The van der Waals surface area contributed by atoms with Gasteiger partial charge in [0.25, 0.3) is 0 Å². The van der Waals surface area contributed by atoms with Crippen LogP contribution in [0.5, 0.6) is 0 Å². The first-order valence-electron chi connectivity index (χ1n) is 5.72. The summed E-state index contributed by atoms with van der Waals surface area (Å²) in [4.78, 5) is 4.50. The molecule has 0 bridgehead atoms. The maximum atomic E-state index is 9.88. The van der Waals surface area contributed by atoms with Gasteiger partial charge >= 0.3 is 0 Å². The first kappa shape index (κ1) is 12.6. The van der Waals surface area contributed by atoms with Crippen LogP contribution in [0.4, 0.5) is 0 Å². The van der Waals surface area contributed by atoms with Crippen molar-refractivity contribution in [1.29, 1.82) is 0 Å². The third-order valence-electron chi connectivity index (χ3n) is 2.86. The summed E-state index contributed by atoms with van der Waals surface area (Å²) >= 11 is 1.65. The van der Waals surface area contributed by atoms with Gasteiger partial charge in [0.2, 0.25) is 0 Å². The fourth-order valence-corrected chi connectivity index (χ4v) is 2.98. The van der Waals surface area contributed by atoms with Gasteiger partial charge in [-0.25, -0.2) is 0 Å². The Kier molecular flexibility index (Phi) is 3.85. The Morgan fingerprint density at radius 2 is 2.35 bits per heavy atom. The fraction of sp³-hybridized carbons (Fsp3) is 0.538. The van der Waals surface area contributed by atoms with Crippen molar-refractivity contribution in [3.8, 4) is 11.8 Å². The van der Waals surface area contributed by atoms with Gasteiger partial charge in [-0.15, -0.1) is 11.3 Å². The topological polar surface area (TPSA) is 43.7 Å². The van der Waals surface area contributed by atoms with E-state index in [0.717, 1.165) is 30.9 Å². The molecule has 1 aliphatic rings. The molecular weight excluding hydrogens is 234 g/mol. The van der Waals surface area contributed by atoms with Crippen molar-refractivity contribution in [3.63, 3.8) is 0 Å². The molecular formula is C13H17NO2S. The van der Waals surface area contributed by atoms with Crippen LogP contribution in [0.1, 0.15) is 23.1 Å². The lowest BCUT2D eigenvalue weighted by atomic mass is 10.1. The van der Waals surface area contributed by atoms with Crippen LogP contribution in [-0.4, -0.2) is 40.4 Å². The Morgan fingerprint density at radius 1 is 1.53 bits per heavy atom. The third-order valence-corrected chi connectivity index (χ3v) is 3.85. The van der Waals surface area contributed by atoms with E-state index in [1.165, 1.54) is 4.88 Å². The van der Waals surface area contributed by atoms with Gasteiger partial charge in [0, 0.05) is 24.5 Å².